The van der Waals surface area contributed by atoms with E-state index in [1.165, 1.54) is 4.90 Å². The summed E-state index contributed by atoms with van der Waals surface area (Å²) in [6.07, 6.45) is 1.33. The normalized spacial score (nSPS) is 12.3. The first-order valence-corrected chi connectivity index (χ1v) is 11.0. The van der Waals surface area contributed by atoms with Gasteiger partial charge in [0.05, 0.1) is 6.54 Å². The van der Waals surface area contributed by atoms with Crippen molar-refractivity contribution in [2.45, 2.75) is 26.2 Å². The van der Waals surface area contributed by atoms with Gasteiger partial charge in [-0.1, -0.05) is 35.5 Å². The van der Waals surface area contributed by atoms with E-state index in [1.807, 2.05) is 37.3 Å². The average Bonchev–Trinajstić information content (AvgIpc) is 3.32. The van der Waals surface area contributed by atoms with Crippen molar-refractivity contribution < 1.29 is 23.6 Å². The number of likely N-dealkylation sites (N-methyl/N-ethyl adjacent to an activating group) is 1. The predicted octanol–water partition coefficient (Wildman–Crippen LogP) is 3.32. The van der Waals surface area contributed by atoms with Crippen molar-refractivity contribution in [1.29, 1.82) is 0 Å². The van der Waals surface area contributed by atoms with Gasteiger partial charge in [0.2, 0.25) is 23.5 Å². The fourth-order valence-corrected chi connectivity index (χ4v) is 3.48. The van der Waals surface area contributed by atoms with Crippen molar-refractivity contribution in [1.82, 2.24) is 15.0 Å². The largest absolute Gasteiger partial charge is 0.486 e. The van der Waals surface area contributed by atoms with Crippen LogP contribution in [0.5, 0.6) is 11.5 Å². The first-order valence-electron chi connectivity index (χ1n) is 11.0. The zero-order valence-electron chi connectivity index (χ0n) is 18.5. The van der Waals surface area contributed by atoms with Gasteiger partial charge in [0.1, 0.15) is 13.2 Å². The fourth-order valence-electron chi connectivity index (χ4n) is 3.48. The lowest BCUT2D eigenvalue weighted by Crippen LogP contribution is -2.37. The number of anilines is 1. The van der Waals surface area contributed by atoms with Gasteiger partial charge in [0.15, 0.2) is 11.5 Å². The molecule has 3 aromatic rings. The van der Waals surface area contributed by atoms with Gasteiger partial charge in [0, 0.05) is 36.7 Å². The maximum Gasteiger partial charge on any atom is 0.243 e. The van der Waals surface area contributed by atoms with Gasteiger partial charge in [-0.2, -0.15) is 4.98 Å². The number of hydrogen-bond donors (Lipinski definition) is 1. The molecule has 2 aromatic carbocycles. The van der Waals surface area contributed by atoms with Crippen LogP contribution in [0.2, 0.25) is 0 Å². The molecule has 9 heteroatoms. The Morgan fingerprint density at radius 2 is 1.85 bits per heavy atom. The topological polar surface area (TPSA) is 107 Å². The molecule has 0 unspecified atom stereocenters. The van der Waals surface area contributed by atoms with Crippen LogP contribution in [-0.2, 0) is 16.0 Å². The molecule has 4 rings (SSSR count). The van der Waals surface area contributed by atoms with Crippen molar-refractivity contribution in [2.24, 2.45) is 0 Å². The molecule has 172 valence electrons. The molecule has 2 amide bonds. The van der Waals surface area contributed by atoms with Crippen molar-refractivity contribution in [3.8, 4) is 22.9 Å². The fraction of sp³-hybridized carbons (Fsp3) is 0.333. The number of rotatable bonds is 9. The molecule has 1 N–H and O–H groups in total. The SMILES string of the molecule is CCN(CC(=O)Nc1ccc2c(c1)OCCO2)C(=O)CCCc1nc(-c2ccccc2)no1. The first kappa shape index (κ1) is 22.3. The number of ether oxygens (including phenoxy) is 2. The van der Waals surface area contributed by atoms with Gasteiger partial charge in [-0.05, 0) is 25.5 Å². The molecule has 0 spiro atoms. The molecule has 0 saturated carbocycles. The summed E-state index contributed by atoms with van der Waals surface area (Å²) in [5, 5.41) is 6.80. The van der Waals surface area contributed by atoms with Crippen LogP contribution in [0.25, 0.3) is 11.4 Å². The summed E-state index contributed by atoms with van der Waals surface area (Å²) in [5.41, 5.74) is 1.48. The minimum absolute atomic E-state index is 0.0253. The van der Waals surface area contributed by atoms with E-state index in [4.69, 9.17) is 14.0 Å². The first-order chi connectivity index (χ1) is 16.1. The number of aromatic nitrogens is 2. The van der Waals surface area contributed by atoms with Gasteiger partial charge >= 0.3 is 0 Å². The summed E-state index contributed by atoms with van der Waals surface area (Å²) in [4.78, 5) is 31.0. The molecule has 0 bridgehead atoms. The van der Waals surface area contributed by atoms with E-state index in [-0.39, 0.29) is 24.8 Å². The molecule has 0 fully saturated rings. The third-order valence-electron chi connectivity index (χ3n) is 5.18. The minimum Gasteiger partial charge on any atom is -0.486 e. The third kappa shape index (κ3) is 5.88. The van der Waals surface area contributed by atoms with E-state index >= 15 is 0 Å². The van der Waals surface area contributed by atoms with Crippen LogP contribution in [0, 0.1) is 0 Å². The maximum absolute atomic E-state index is 12.6. The van der Waals surface area contributed by atoms with Crippen LogP contribution in [-0.4, -0.2) is 53.2 Å². The number of benzene rings is 2. The Bertz CT molecular complexity index is 1100. The number of hydrogen-bond acceptors (Lipinski definition) is 7. The van der Waals surface area contributed by atoms with E-state index in [0.717, 1.165) is 5.56 Å². The Balaban J connectivity index is 1.24. The number of carbonyl (C=O) groups is 2. The number of aryl methyl sites for hydroxylation is 1. The molecule has 1 aliphatic rings. The third-order valence-corrected chi connectivity index (χ3v) is 5.18. The number of carbonyl (C=O) groups excluding carboxylic acids is 2. The lowest BCUT2D eigenvalue weighted by atomic mass is 10.2. The maximum atomic E-state index is 12.6. The highest BCUT2D eigenvalue weighted by atomic mass is 16.6. The monoisotopic (exact) mass is 450 g/mol. The molecule has 2 heterocycles. The Kier molecular flexibility index (Phi) is 7.19. The van der Waals surface area contributed by atoms with Crippen molar-refractivity contribution in [2.75, 3.05) is 31.6 Å². The molecule has 0 saturated heterocycles. The average molecular weight is 450 g/mol. The number of nitrogens with one attached hydrogen (secondary N) is 1. The van der Waals surface area contributed by atoms with Crippen LogP contribution >= 0.6 is 0 Å². The number of fused-ring (bicyclic) bond motifs is 1. The van der Waals surface area contributed by atoms with E-state index in [9.17, 15) is 9.59 Å². The standard InChI is InChI=1S/C24H26N4O5/c1-2-28(16-21(29)25-18-11-12-19-20(15-18)32-14-13-31-19)23(30)10-6-9-22-26-24(27-33-22)17-7-4-3-5-8-17/h3-5,7-8,11-12,15H,2,6,9-10,13-14,16H2,1H3,(H,25,29). The highest BCUT2D eigenvalue weighted by molar-refractivity contribution is 5.94. The predicted molar refractivity (Wildman–Crippen MR) is 121 cm³/mol. The Morgan fingerprint density at radius 1 is 1.06 bits per heavy atom. The van der Waals surface area contributed by atoms with Crippen LogP contribution in [0.4, 0.5) is 5.69 Å². The van der Waals surface area contributed by atoms with Gasteiger partial charge in [0.25, 0.3) is 0 Å². The van der Waals surface area contributed by atoms with E-state index in [2.05, 4.69) is 15.5 Å². The molecule has 0 radical (unpaired) electrons. The van der Waals surface area contributed by atoms with E-state index < -0.39 is 0 Å². The Hall–Kier alpha value is -3.88. The summed E-state index contributed by atoms with van der Waals surface area (Å²) in [7, 11) is 0. The van der Waals surface area contributed by atoms with Crippen LogP contribution in [0.3, 0.4) is 0 Å². The van der Waals surface area contributed by atoms with E-state index in [1.54, 1.807) is 18.2 Å². The summed E-state index contributed by atoms with van der Waals surface area (Å²) in [6, 6.07) is 14.8. The highest BCUT2D eigenvalue weighted by Gasteiger charge is 2.18. The van der Waals surface area contributed by atoms with E-state index in [0.29, 0.717) is 61.5 Å². The van der Waals surface area contributed by atoms with Crippen LogP contribution in [0.15, 0.2) is 53.1 Å². The number of nitrogens with zero attached hydrogens (tertiary/aromatic N) is 3. The second-order valence-electron chi connectivity index (χ2n) is 7.55. The molecule has 1 aromatic heterocycles. The molecule has 0 aliphatic carbocycles. The quantitative estimate of drug-likeness (QED) is 0.533. The summed E-state index contributed by atoms with van der Waals surface area (Å²) in [5.74, 6) is 1.90. The second kappa shape index (κ2) is 10.6. The zero-order chi connectivity index (χ0) is 23.0. The lowest BCUT2D eigenvalue weighted by Gasteiger charge is -2.21. The number of amides is 2. The smallest absolute Gasteiger partial charge is 0.243 e. The van der Waals surface area contributed by atoms with Gasteiger partial charge in [-0.15, -0.1) is 0 Å². The van der Waals surface area contributed by atoms with Crippen LogP contribution in [0.1, 0.15) is 25.7 Å². The Labute approximate surface area is 191 Å². The molecular weight excluding hydrogens is 424 g/mol. The van der Waals surface area contributed by atoms with Gasteiger partial charge in [-0.3, -0.25) is 9.59 Å². The molecular formula is C24H26N4O5. The minimum atomic E-state index is -0.272. The molecule has 1 aliphatic heterocycles. The molecule has 9 nitrogen and oxygen atoms in total. The van der Waals surface area contributed by atoms with Crippen molar-refractivity contribution in [3.05, 3.63) is 54.4 Å². The second-order valence-corrected chi connectivity index (χ2v) is 7.55. The summed E-state index contributed by atoms with van der Waals surface area (Å²) < 4.78 is 16.3. The summed E-state index contributed by atoms with van der Waals surface area (Å²) >= 11 is 0. The lowest BCUT2D eigenvalue weighted by molar-refractivity contribution is -0.134. The highest BCUT2D eigenvalue weighted by Crippen LogP contribution is 2.32. The Morgan fingerprint density at radius 3 is 2.64 bits per heavy atom. The van der Waals surface area contributed by atoms with Crippen molar-refractivity contribution >= 4 is 17.5 Å². The zero-order valence-corrected chi connectivity index (χ0v) is 18.5. The molecule has 33 heavy (non-hydrogen) atoms. The summed E-state index contributed by atoms with van der Waals surface area (Å²) in [6.45, 7) is 3.24. The van der Waals surface area contributed by atoms with Gasteiger partial charge < -0.3 is 24.2 Å². The molecule has 0 atom stereocenters. The van der Waals surface area contributed by atoms with Gasteiger partial charge in [-0.25, -0.2) is 0 Å². The van der Waals surface area contributed by atoms with Crippen LogP contribution < -0.4 is 14.8 Å². The van der Waals surface area contributed by atoms with Crippen molar-refractivity contribution in [3.63, 3.8) is 0 Å².